The van der Waals surface area contributed by atoms with Gasteiger partial charge in [0.2, 0.25) is 0 Å². The van der Waals surface area contributed by atoms with Gasteiger partial charge in [-0.05, 0) is 29.8 Å². The zero-order valence-corrected chi connectivity index (χ0v) is 15.3. The summed E-state index contributed by atoms with van der Waals surface area (Å²) in [5.74, 6) is -0.170. The predicted molar refractivity (Wildman–Crippen MR) is 106 cm³/mol. The maximum absolute atomic E-state index is 12.8. The lowest BCUT2D eigenvalue weighted by Crippen LogP contribution is -2.26. The fourth-order valence-corrected chi connectivity index (χ4v) is 2.58. The van der Waals surface area contributed by atoms with Crippen LogP contribution in [0.15, 0.2) is 64.1 Å². The summed E-state index contributed by atoms with van der Waals surface area (Å²) in [6.07, 6.45) is 1.79. The molecule has 6 heteroatoms. The second-order valence-electron chi connectivity index (χ2n) is 6.22. The normalized spacial score (nSPS) is 10.9. The third kappa shape index (κ3) is 4.33. The number of furan rings is 1. The van der Waals surface area contributed by atoms with Gasteiger partial charge in [-0.1, -0.05) is 30.3 Å². The Balaban J connectivity index is 1.82. The third-order valence-electron chi connectivity index (χ3n) is 4.06. The van der Waals surface area contributed by atoms with Gasteiger partial charge >= 0.3 is 5.91 Å². The molecule has 136 valence electrons. The van der Waals surface area contributed by atoms with Crippen LogP contribution in [0.1, 0.15) is 22.5 Å². The van der Waals surface area contributed by atoms with Crippen LogP contribution in [-0.2, 0) is 0 Å². The molecule has 6 nitrogen and oxygen atoms in total. The molecule has 0 aliphatic carbocycles. The maximum Gasteiger partial charge on any atom is 0.309 e. The van der Waals surface area contributed by atoms with Crippen LogP contribution in [0.4, 0.5) is 5.69 Å². The number of amides is 1. The number of nitriles is 1. The molecule has 0 unspecified atom stereocenters. The van der Waals surface area contributed by atoms with Crippen molar-refractivity contribution in [2.45, 2.75) is 6.42 Å². The van der Waals surface area contributed by atoms with Gasteiger partial charge in [0.1, 0.15) is 5.58 Å². The smallest absolute Gasteiger partial charge is 0.309 e. The molecule has 0 saturated heterocycles. The number of nitrogens with zero attached hydrogens (tertiary/aromatic N) is 4. The fraction of sp³-hybridized carbons (Fsp3) is 0.190. The molecule has 0 bridgehead atoms. The second kappa shape index (κ2) is 8.19. The molecular formula is C21H20N4O2. The third-order valence-corrected chi connectivity index (χ3v) is 4.06. The SMILES string of the molecule is CN(C)c1ccc(C=NN(CCC#N)C(=O)c2cc3ccccc3o2)cc1. The summed E-state index contributed by atoms with van der Waals surface area (Å²) in [5, 5.41) is 15.3. The van der Waals surface area contributed by atoms with Crippen molar-refractivity contribution in [1.82, 2.24) is 5.01 Å². The molecule has 0 atom stereocenters. The second-order valence-corrected chi connectivity index (χ2v) is 6.22. The summed E-state index contributed by atoms with van der Waals surface area (Å²) in [4.78, 5) is 14.8. The summed E-state index contributed by atoms with van der Waals surface area (Å²) in [6.45, 7) is 0.193. The van der Waals surface area contributed by atoms with Crippen LogP contribution >= 0.6 is 0 Å². The summed E-state index contributed by atoms with van der Waals surface area (Å²) < 4.78 is 5.63. The quantitative estimate of drug-likeness (QED) is 0.494. The molecule has 0 radical (unpaired) electrons. The number of hydrogen-bond donors (Lipinski definition) is 0. The van der Waals surface area contributed by atoms with Crippen molar-refractivity contribution in [1.29, 1.82) is 5.26 Å². The number of carbonyl (C=O) groups is 1. The largest absolute Gasteiger partial charge is 0.451 e. The number of fused-ring (bicyclic) bond motifs is 1. The van der Waals surface area contributed by atoms with Crippen LogP contribution in [0, 0.1) is 11.3 Å². The molecule has 0 aliphatic rings. The monoisotopic (exact) mass is 360 g/mol. The molecule has 2 aromatic carbocycles. The molecule has 3 rings (SSSR count). The number of benzene rings is 2. The summed E-state index contributed by atoms with van der Waals surface area (Å²) in [6, 6.07) is 19.0. The van der Waals surface area contributed by atoms with E-state index in [1.807, 2.05) is 67.5 Å². The first-order valence-corrected chi connectivity index (χ1v) is 8.57. The fourth-order valence-electron chi connectivity index (χ4n) is 2.58. The average Bonchev–Trinajstić information content (AvgIpc) is 3.12. The highest BCUT2D eigenvalue weighted by atomic mass is 16.3. The van der Waals surface area contributed by atoms with Gasteiger partial charge in [0.15, 0.2) is 5.76 Å². The zero-order valence-electron chi connectivity index (χ0n) is 15.3. The number of rotatable bonds is 6. The van der Waals surface area contributed by atoms with E-state index in [1.165, 1.54) is 5.01 Å². The molecule has 3 aromatic rings. The minimum atomic E-state index is -0.373. The van der Waals surface area contributed by atoms with Gasteiger partial charge < -0.3 is 9.32 Å². The van der Waals surface area contributed by atoms with Gasteiger partial charge in [0.05, 0.1) is 25.2 Å². The summed E-state index contributed by atoms with van der Waals surface area (Å²) in [5.41, 5.74) is 2.58. The predicted octanol–water partition coefficient (Wildman–Crippen LogP) is 3.89. The van der Waals surface area contributed by atoms with Crippen LogP contribution in [0.25, 0.3) is 11.0 Å². The minimum absolute atomic E-state index is 0.183. The first-order valence-electron chi connectivity index (χ1n) is 8.57. The number of hydrazone groups is 1. The molecular weight excluding hydrogens is 340 g/mol. The lowest BCUT2D eigenvalue weighted by molar-refractivity contribution is 0.0735. The molecule has 1 aromatic heterocycles. The van der Waals surface area contributed by atoms with Gasteiger partial charge in [0, 0.05) is 25.2 Å². The lowest BCUT2D eigenvalue weighted by atomic mass is 10.2. The van der Waals surface area contributed by atoms with E-state index < -0.39 is 0 Å². The van der Waals surface area contributed by atoms with Crippen molar-refractivity contribution in [2.24, 2.45) is 5.10 Å². The van der Waals surface area contributed by atoms with E-state index in [1.54, 1.807) is 18.3 Å². The van der Waals surface area contributed by atoms with E-state index in [0.717, 1.165) is 16.6 Å². The van der Waals surface area contributed by atoms with E-state index in [0.29, 0.717) is 5.58 Å². The van der Waals surface area contributed by atoms with E-state index >= 15 is 0 Å². The topological polar surface area (TPSA) is 72.8 Å². The maximum atomic E-state index is 12.8. The molecule has 1 heterocycles. The highest BCUT2D eigenvalue weighted by molar-refractivity contribution is 5.96. The van der Waals surface area contributed by atoms with Crippen molar-refractivity contribution in [2.75, 3.05) is 25.5 Å². The Labute approximate surface area is 157 Å². The van der Waals surface area contributed by atoms with Gasteiger partial charge in [0.25, 0.3) is 0 Å². The van der Waals surface area contributed by atoms with Crippen LogP contribution < -0.4 is 4.90 Å². The van der Waals surface area contributed by atoms with Crippen LogP contribution in [0.2, 0.25) is 0 Å². The number of hydrogen-bond acceptors (Lipinski definition) is 5. The molecule has 27 heavy (non-hydrogen) atoms. The van der Waals surface area contributed by atoms with Crippen molar-refractivity contribution in [3.05, 3.63) is 65.9 Å². The van der Waals surface area contributed by atoms with Gasteiger partial charge in [-0.25, -0.2) is 5.01 Å². The molecule has 0 N–H and O–H groups in total. The molecule has 0 fully saturated rings. The van der Waals surface area contributed by atoms with E-state index in [2.05, 4.69) is 5.10 Å². The zero-order chi connectivity index (χ0) is 19.2. The van der Waals surface area contributed by atoms with Crippen LogP contribution in [0.3, 0.4) is 0 Å². The van der Waals surface area contributed by atoms with Crippen molar-refractivity contribution in [3.8, 4) is 6.07 Å². The standard InChI is InChI=1S/C21H20N4O2/c1-24(2)18-10-8-16(9-11-18)15-23-25(13-5-12-22)21(26)20-14-17-6-3-4-7-19(17)27-20/h3-4,6-11,14-15H,5,13H2,1-2H3. The minimum Gasteiger partial charge on any atom is -0.451 e. The number of carbonyl (C=O) groups excluding carboxylic acids is 1. The highest BCUT2D eigenvalue weighted by Crippen LogP contribution is 2.20. The first kappa shape index (κ1) is 18.2. The summed E-state index contributed by atoms with van der Waals surface area (Å²) >= 11 is 0. The highest BCUT2D eigenvalue weighted by Gasteiger charge is 2.19. The average molecular weight is 360 g/mol. The Morgan fingerprint density at radius 1 is 1.19 bits per heavy atom. The summed E-state index contributed by atoms with van der Waals surface area (Å²) in [7, 11) is 3.94. The van der Waals surface area contributed by atoms with Crippen LogP contribution in [0.5, 0.6) is 0 Å². The Bertz CT molecular complexity index is 964. The van der Waals surface area contributed by atoms with E-state index in [4.69, 9.17) is 9.68 Å². The Morgan fingerprint density at radius 2 is 1.93 bits per heavy atom. The van der Waals surface area contributed by atoms with Crippen LogP contribution in [-0.4, -0.2) is 37.8 Å². The van der Waals surface area contributed by atoms with Gasteiger partial charge in [-0.2, -0.15) is 10.4 Å². The number of anilines is 1. The van der Waals surface area contributed by atoms with E-state index in [-0.39, 0.29) is 24.6 Å². The Hall–Kier alpha value is -3.59. The van der Waals surface area contributed by atoms with Crippen molar-refractivity contribution >= 4 is 28.8 Å². The molecule has 0 saturated carbocycles. The molecule has 1 amide bonds. The Kier molecular flexibility index (Phi) is 5.53. The van der Waals surface area contributed by atoms with E-state index in [9.17, 15) is 4.79 Å². The Morgan fingerprint density at radius 3 is 2.59 bits per heavy atom. The molecule has 0 spiro atoms. The van der Waals surface area contributed by atoms with Gasteiger partial charge in [-0.15, -0.1) is 0 Å². The first-order chi connectivity index (χ1) is 13.1. The molecule has 0 aliphatic heterocycles. The van der Waals surface area contributed by atoms with Gasteiger partial charge in [-0.3, -0.25) is 4.79 Å². The number of para-hydroxylation sites is 1. The lowest BCUT2D eigenvalue weighted by Gasteiger charge is -2.14. The van der Waals surface area contributed by atoms with Crippen molar-refractivity contribution < 1.29 is 9.21 Å². The van der Waals surface area contributed by atoms with Crippen molar-refractivity contribution in [3.63, 3.8) is 0 Å².